The van der Waals surface area contributed by atoms with Crippen molar-refractivity contribution in [1.29, 1.82) is 5.26 Å². The number of ether oxygens (including phenoxy) is 1. The largest absolute Gasteiger partial charge is 0.452 e. The Labute approximate surface area is 210 Å². The van der Waals surface area contributed by atoms with Crippen LogP contribution in [0.15, 0.2) is 40.9 Å². The summed E-state index contributed by atoms with van der Waals surface area (Å²) in [6, 6.07) is 9.42. The molecular weight excluding hydrogens is 484 g/mol. The minimum atomic E-state index is -4.19. The number of methoxy groups -OCH3 is 1. The normalized spacial score (nSPS) is 11.9. The van der Waals surface area contributed by atoms with Gasteiger partial charge in [0.1, 0.15) is 10.0 Å². The van der Waals surface area contributed by atoms with Crippen LogP contribution in [0.4, 0.5) is 4.79 Å². The Hall–Kier alpha value is -3.16. The highest BCUT2D eigenvalue weighted by Crippen LogP contribution is 2.38. The average Bonchev–Trinajstić information content (AvgIpc) is 3.40. The van der Waals surface area contributed by atoms with Crippen LogP contribution in [0, 0.1) is 17.2 Å². The van der Waals surface area contributed by atoms with Crippen LogP contribution in [0.2, 0.25) is 0 Å². The molecule has 3 rings (SSSR count). The Morgan fingerprint density at radius 2 is 1.97 bits per heavy atom. The lowest BCUT2D eigenvalue weighted by Gasteiger charge is -2.20. The highest BCUT2D eigenvalue weighted by molar-refractivity contribution is 7.92. The van der Waals surface area contributed by atoms with Crippen molar-refractivity contribution >= 4 is 27.5 Å². The van der Waals surface area contributed by atoms with E-state index in [-0.39, 0.29) is 9.62 Å². The highest BCUT2D eigenvalue weighted by atomic mass is 32.2. The standard InChI is InChI=1S/C25H30N4O4S2/c1-16(2)11-19-13-21(22(34-19)35(31,32)28-24(30)33-6)20-8-7-17(12-18(20)14-26)15-29-10-9-27-23(29)25(3,4)5/h7-10,12-13,16H,11,15H2,1-6H3,(H,28,30). The molecule has 2 heterocycles. The number of nitrogens with one attached hydrogen (secondary N) is 1. The number of benzene rings is 1. The maximum absolute atomic E-state index is 13.0. The molecule has 2 aromatic heterocycles. The predicted octanol–water partition coefficient (Wildman–Crippen LogP) is 5.07. The van der Waals surface area contributed by atoms with E-state index in [0.717, 1.165) is 34.7 Å². The smallest absolute Gasteiger partial charge is 0.420 e. The molecule has 0 radical (unpaired) electrons. The number of nitriles is 1. The predicted molar refractivity (Wildman–Crippen MR) is 136 cm³/mol. The molecule has 1 aromatic carbocycles. The molecule has 1 amide bonds. The molecule has 0 fully saturated rings. The topological polar surface area (TPSA) is 114 Å². The maximum atomic E-state index is 13.0. The van der Waals surface area contributed by atoms with Crippen LogP contribution in [0.3, 0.4) is 0 Å². The van der Waals surface area contributed by atoms with Gasteiger partial charge in [0.05, 0.1) is 18.7 Å². The first-order valence-corrected chi connectivity index (χ1v) is 13.4. The average molecular weight is 515 g/mol. The molecule has 0 spiro atoms. The molecule has 0 saturated heterocycles. The maximum Gasteiger partial charge on any atom is 0.420 e. The van der Waals surface area contributed by atoms with Crippen LogP contribution < -0.4 is 4.72 Å². The van der Waals surface area contributed by atoms with E-state index in [2.05, 4.69) is 36.6 Å². The molecule has 0 aliphatic carbocycles. The number of imidazole rings is 1. The second-order valence-electron chi connectivity index (χ2n) is 9.73. The van der Waals surface area contributed by atoms with Gasteiger partial charge < -0.3 is 9.30 Å². The molecular formula is C25H30N4O4S2. The van der Waals surface area contributed by atoms with Gasteiger partial charge in [0.15, 0.2) is 0 Å². The minimum Gasteiger partial charge on any atom is -0.452 e. The Morgan fingerprint density at radius 1 is 1.26 bits per heavy atom. The fourth-order valence-electron chi connectivity index (χ4n) is 3.81. The molecule has 1 N–H and O–H groups in total. The Bertz CT molecular complexity index is 1370. The first-order valence-electron chi connectivity index (χ1n) is 11.1. The van der Waals surface area contributed by atoms with E-state index in [9.17, 15) is 18.5 Å². The number of hydrogen-bond donors (Lipinski definition) is 1. The number of carbonyl (C=O) groups excluding carboxylic acids is 1. The fourth-order valence-corrected chi connectivity index (χ4v) is 6.66. The quantitative estimate of drug-likeness (QED) is 0.471. The van der Waals surface area contributed by atoms with Crippen molar-refractivity contribution in [3.63, 3.8) is 0 Å². The van der Waals surface area contributed by atoms with E-state index < -0.39 is 16.1 Å². The van der Waals surface area contributed by atoms with Gasteiger partial charge in [-0.3, -0.25) is 0 Å². The van der Waals surface area contributed by atoms with Gasteiger partial charge in [0, 0.05) is 40.4 Å². The lowest BCUT2D eigenvalue weighted by Crippen LogP contribution is -2.30. The van der Waals surface area contributed by atoms with E-state index in [1.54, 1.807) is 24.4 Å². The summed E-state index contributed by atoms with van der Waals surface area (Å²) >= 11 is 1.09. The number of hydrogen-bond acceptors (Lipinski definition) is 7. The van der Waals surface area contributed by atoms with Gasteiger partial charge in [-0.1, -0.05) is 46.8 Å². The van der Waals surface area contributed by atoms with Gasteiger partial charge in [-0.25, -0.2) is 22.9 Å². The molecule has 0 atom stereocenters. The van der Waals surface area contributed by atoms with Crippen molar-refractivity contribution in [2.45, 2.75) is 57.2 Å². The molecule has 8 nitrogen and oxygen atoms in total. The van der Waals surface area contributed by atoms with Crippen LogP contribution in [-0.2, 0) is 33.1 Å². The summed E-state index contributed by atoms with van der Waals surface area (Å²) in [5.41, 5.74) is 1.99. The summed E-state index contributed by atoms with van der Waals surface area (Å²) < 4.78 is 34.4. The molecule has 0 aliphatic heterocycles. The second-order valence-corrected chi connectivity index (χ2v) is 12.7. The fraction of sp³-hybridized carbons (Fsp3) is 0.400. The lowest BCUT2D eigenvalue weighted by molar-refractivity contribution is 0.177. The third-order valence-corrected chi connectivity index (χ3v) is 8.24. The molecule has 3 aromatic rings. The molecule has 0 unspecified atom stereocenters. The number of amides is 1. The van der Waals surface area contributed by atoms with Crippen molar-refractivity contribution in [3.8, 4) is 17.2 Å². The SMILES string of the molecule is COC(=O)NS(=O)(=O)c1sc(CC(C)C)cc1-c1ccc(Cn2ccnc2C(C)(C)C)cc1C#N. The van der Waals surface area contributed by atoms with Crippen LogP contribution in [0.25, 0.3) is 11.1 Å². The Morgan fingerprint density at radius 3 is 2.57 bits per heavy atom. The van der Waals surface area contributed by atoms with Crippen LogP contribution in [0.1, 0.15) is 56.4 Å². The number of thiophene rings is 1. The van der Waals surface area contributed by atoms with Crippen LogP contribution in [0.5, 0.6) is 0 Å². The van der Waals surface area contributed by atoms with Gasteiger partial charge in [0.25, 0.3) is 10.0 Å². The van der Waals surface area contributed by atoms with Crippen molar-refractivity contribution in [1.82, 2.24) is 14.3 Å². The molecule has 0 aliphatic rings. The zero-order valence-electron chi connectivity index (χ0n) is 20.7. The van der Waals surface area contributed by atoms with Crippen molar-refractivity contribution in [2.75, 3.05) is 7.11 Å². The van der Waals surface area contributed by atoms with Gasteiger partial charge in [-0.2, -0.15) is 5.26 Å². The number of sulfonamides is 1. The van der Waals surface area contributed by atoms with E-state index in [0.29, 0.717) is 35.6 Å². The van der Waals surface area contributed by atoms with Crippen molar-refractivity contribution < 1.29 is 17.9 Å². The lowest BCUT2D eigenvalue weighted by atomic mass is 9.95. The third kappa shape index (κ3) is 6.10. The summed E-state index contributed by atoms with van der Waals surface area (Å²) in [6.45, 7) is 10.9. The monoisotopic (exact) mass is 514 g/mol. The summed E-state index contributed by atoms with van der Waals surface area (Å²) in [6.07, 6.45) is 3.26. The Balaban J connectivity index is 2.08. The summed E-state index contributed by atoms with van der Waals surface area (Å²) in [5.74, 6) is 1.23. The van der Waals surface area contributed by atoms with E-state index in [1.807, 2.05) is 35.4 Å². The Kier molecular flexibility index (Phi) is 7.72. The van der Waals surface area contributed by atoms with Crippen LogP contribution >= 0.6 is 11.3 Å². The van der Waals surface area contributed by atoms with Crippen LogP contribution in [-0.4, -0.2) is 31.2 Å². The minimum absolute atomic E-state index is 0.0209. The first-order chi connectivity index (χ1) is 16.4. The van der Waals surface area contributed by atoms with Crippen molar-refractivity contribution in [3.05, 3.63) is 58.5 Å². The third-order valence-electron chi connectivity index (χ3n) is 5.24. The van der Waals surface area contributed by atoms with Gasteiger partial charge in [-0.05, 0) is 30.0 Å². The number of nitrogens with zero attached hydrogens (tertiary/aromatic N) is 3. The molecule has 0 bridgehead atoms. The van der Waals surface area contributed by atoms with Gasteiger partial charge in [0.2, 0.25) is 0 Å². The summed E-state index contributed by atoms with van der Waals surface area (Å²) in [7, 11) is -3.09. The summed E-state index contributed by atoms with van der Waals surface area (Å²) in [4.78, 5) is 17.0. The summed E-state index contributed by atoms with van der Waals surface area (Å²) in [5, 5.41) is 9.94. The van der Waals surface area contributed by atoms with E-state index >= 15 is 0 Å². The molecule has 186 valence electrons. The zero-order valence-corrected chi connectivity index (χ0v) is 22.4. The highest BCUT2D eigenvalue weighted by Gasteiger charge is 2.27. The molecule has 0 saturated carbocycles. The molecule has 35 heavy (non-hydrogen) atoms. The van der Waals surface area contributed by atoms with Crippen molar-refractivity contribution in [2.24, 2.45) is 5.92 Å². The molecule has 10 heteroatoms. The second kappa shape index (κ2) is 10.2. The number of carbonyl (C=O) groups is 1. The number of aromatic nitrogens is 2. The van der Waals surface area contributed by atoms with E-state index in [4.69, 9.17) is 0 Å². The number of rotatable bonds is 7. The van der Waals surface area contributed by atoms with Gasteiger partial charge in [-0.15, -0.1) is 11.3 Å². The van der Waals surface area contributed by atoms with Gasteiger partial charge >= 0.3 is 6.09 Å². The van der Waals surface area contributed by atoms with E-state index in [1.165, 1.54) is 0 Å². The first kappa shape index (κ1) is 26.4. The zero-order chi connectivity index (χ0) is 26.0.